The number of aryl methyl sites for hydroxylation is 1. The number of alkyl halides is 2. The van der Waals surface area contributed by atoms with Crippen molar-refractivity contribution in [1.82, 2.24) is 4.31 Å². The first-order valence-electron chi connectivity index (χ1n) is 10.3. The van der Waals surface area contributed by atoms with Gasteiger partial charge in [0, 0.05) is 18.7 Å². The molecule has 1 aliphatic carbocycles. The van der Waals surface area contributed by atoms with E-state index in [1.165, 1.54) is 33.5 Å². The second kappa shape index (κ2) is 8.52. The fourth-order valence-electron chi connectivity index (χ4n) is 4.14. The van der Waals surface area contributed by atoms with E-state index in [-0.39, 0.29) is 46.4 Å². The maximum absolute atomic E-state index is 14.4. The Morgan fingerprint density at radius 1 is 0.971 bits per heavy atom. The fourth-order valence-corrected chi connectivity index (χ4v) is 5.54. The molecule has 0 saturated carbocycles. The SMILES string of the molecule is COc1cc2c(c(OC)c1OC)C1=CC(=O)C(F)(F)C=C1CN(S(=O)(=O)c1ccc(C)cc1)C2. The molecule has 0 amide bonds. The highest BCUT2D eigenvalue weighted by atomic mass is 32.2. The second-order valence-corrected chi connectivity index (χ2v) is 9.92. The third kappa shape index (κ3) is 3.86. The number of carbonyl (C=O) groups is 1. The Morgan fingerprint density at radius 3 is 2.21 bits per heavy atom. The number of halogens is 2. The van der Waals surface area contributed by atoms with Crippen molar-refractivity contribution in [3.8, 4) is 17.2 Å². The lowest BCUT2D eigenvalue weighted by Crippen LogP contribution is -2.34. The molecule has 0 bridgehead atoms. The van der Waals surface area contributed by atoms with Gasteiger partial charge in [-0.25, -0.2) is 8.42 Å². The van der Waals surface area contributed by atoms with Gasteiger partial charge in [0.2, 0.25) is 21.6 Å². The van der Waals surface area contributed by atoms with Crippen LogP contribution in [0, 0.1) is 6.92 Å². The Labute approximate surface area is 196 Å². The largest absolute Gasteiger partial charge is 0.493 e. The van der Waals surface area contributed by atoms with Crippen molar-refractivity contribution in [2.45, 2.75) is 24.3 Å². The average molecular weight is 492 g/mol. The quantitative estimate of drug-likeness (QED) is 0.634. The van der Waals surface area contributed by atoms with Gasteiger partial charge in [0.1, 0.15) is 0 Å². The maximum Gasteiger partial charge on any atom is 0.328 e. The first-order valence-corrected chi connectivity index (χ1v) is 11.7. The molecule has 180 valence electrons. The Balaban J connectivity index is 1.99. The van der Waals surface area contributed by atoms with Gasteiger partial charge in [-0.2, -0.15) is 13.1 Å². The van der Waals surface area contributed by atoms with E-state index in [4.69, 9.17) is 14.2 Å². The van der Waals surface area contributed by atoms with Crippen LogP contribution in [0.5, 0.6) is 17.2 Å². The third-order valence-electron chi connectivity index (χ3n) is 5.84. The van der Waals surface area contributed by atoms with Crippen molar-refractivity contribution in [1.29, 1.82) is 0 Å². The number of sulfonamides is 1. The van der Waals surface area contributed by atoms with Gasteiger partial charge in [-0.15, -0.1) is 0 Å². The van der Waals surface area contributed by atoms with Crippen molar-refractivity contribution >= 4 is 21.4 Å². The van der Waals surface area contributed by atoms with E-state index in [9.17, 15) is 22.0 Å². The molecule has 2 aromatic rings. The molecule has 0 spiro atoms. The van der Waals surface area contributed by atoms with Crippen molar-refractivity contribution in [2.75, 3.05) is 27.9 Å². The molecule has 0 saturated heterocycles. The summed E-state index contributed by atoms with van der Waals surface area (Å²) in [5.41, 5.74) is 1.74. The molecule has 2 aromatic carbocycles. The van der Waals surface area contributed by atoms with Crippen molar-refractivity contribution < 1.29 is 36.2 Å². The van der Waals surface area contributed by atoms with E-state index in [0.717, 1.165) is 15.9 Å². The summed E-state index contributed by atoms with van der Waals surface area (Å²) in [7, 11) is 0.0941. The van der Waals surface area contributed by atoms with Crippen LogP contribution in [0.3, 0.4) is 0 Å². The number of benzene rings is 2. The summed E-state index contributed by atoms with van der Waals surface area (Å²) in [5.74, 6) is -4.53. The summed E-state index contributed by atoms with van der Waals surface area (Å²) >= 11 is 0. The van der Waals surface area contributed by atoms with Gasteiger partial charge in [-0.05, 0) is 54.0 Å². The Kier molecular flexibility index (Phi) is 5.99. The second-order valence-electron chi connectivity index (χ2n) is 7.98. The molecule has 10 heteroatoms. The molecule has 0 fully saturated rings. The molecule has 0 unspecified atom stereocenters. The van der Waals surface area contributed by atoms with Crippen LogP contribution in [-0.4, -0.2) is 52.3 Å². The summed E-state index contributed by atoms with van der Waals surface area (Å²) < 4.78 is 73.3. The van der Waals surface area contributed by atoms with E-state index in [2.05, 4.69) is 0 Å². The zero-order valence-electron chi connectivity index (χ0n) is 19.0. The molecule has 2 aliphatic rings. The highest BCUT2D eigenvalue weighted by Crippen LogP contribution is 2.49. The predicted molar refractivity (Wildman–Crippen MR) is 121 cm³/mol. The summed E-state index contributed by atoms with van der Waals surface area (Å²) in [5, 5.41) is 0. The summed E-state index contributed by atoms with van der Waals surface area (Å²) in [6.45, 7) is 1.29. The van der Waals surface area contributed by atoms with Crippen molar-refractivity contribution in [3.63, 3.8) is 0 Å². The molecule has 0 radical (unpaired) electrons. The zero-order chi connectivity index (χ0) is 24.8. The van der Waals surface area contributed by atoms with Crippen LogP contribution in [0.4, 0.5) is 8.78 Å². The minimum atomic E-state index is -4.08. The Morgan fingerprint density at radius 2 is 1.62 bits per heavy atom. The van der Waals surface area contributed by atoms with E-state index in [0.29, 0.717) is 17.2 Å². The number of rotatable bonds is 5. The number of hydrogen-bond acceptors (Lipinski definition) is 6. The summed E-state index contributed by atoms with van der Waals surface area (Å²) in [6, 6.07) is 7.82. The van der Waals surface area contributed by atoms with Gasteiger partial charge < -0.3 is 14.2 Å². The fraction of sp³-hybridized carbons (Fsp3) is 0.292. The molecule has 1 aliphatic heterocycles. The minimum Gasteiger partial charge on any atom is -0.493 e. The molecule has 0 aromatic heterocycles. The van der Waals surface area contributed by atoms with Crippen LogP contribution in [0.25, 0.3) is 5.57 Å². The van der Waals surface area contributed by atoms with Gasteiger partial charge in [0.15, 0.2) is 11.5 Å². The summed E-state index contributed by atoms with van der Waals surface area (Å²) in [6.07, 6.45) is 1.36. The standard InChI is InChI=1S/C24H23F2NO6S/c1-14-5-7-17(8-6-14)34(29,30)27-12-15-9-19(31-2)22(32-3)23(33-4)21(15)18-10-20(28)24(25,26)11-16(18)13-27/h5-11H,12-13H2,1-4H3. The van der Waals surface area contributed by atoms with Gasteiger partial charge in [-0.1, -0.05) is 17.7 Å². The number of carbonyl (C=O) groups excluding carboxylic acids is 1. The van der Waals surface area contributed by atoms with Crippen LogP contribution in [0.15, 0.2) is 53.0 Å². The third-order valence-corrected chi connectivity index (χ3v) is 7.64. The normalized spacial score (nSPS) is 17.6. The number of fused-ring (bicyclic) bond motifs is 3. The molecular weight excluding hydrogens is 468 g/mol. The van der Waals surface area contributed by atoms with Crippen LogP contribution < -0.4 is 14.2 Å². The molecule has 0 N–H and O–H groups in total. The Hall–Kier alpha value is -3.24. The molecule has 1 heterocycles. The lowest BCUT2D eigenvalue weighted by Gasteiger charge is -2.24. The minimum absolute atomic E-state index is 0.00967. The number of hydrogen-bond donors (Lipinski definition) is 0. The first-order chi connectivity index (χ1) is 16.0. The van der Waals surface area contributed by atoms with Gasteiger partial charge in [-0.3, -0.25) is 4.79 Å². The van der Waals surface area contributed by atoms with Gasteiger partial charge >= 0.3 is 5.92 Å². The number of ether oxygens (including phenoxy) is 3. The Bertz CT molecular complexity index is 1330. The lowest BCUT2D eigenvalue weighted by atomic mass is 9.87. The predicted octanol–water partition coefficient (Wildman–Crippen LogP) is 3.75. The number of methoxy groups -OCH3 is 3. The maximum atomic E-state index is 14.4. The monoisotopic (exact) mass is 491 g/mol. The van der Waals surface area contributed by atoms with E-state index in [1.807, 2.05) is 6.92 Å². The van der Waals surface area contributed by atoms with E-state index >= 15 is 0 Å². The zero-order valence-corrected chi connectivity index (χ0v) is 19.8. The topological polar surface area (TPSA) is 82.1 Å². The summed E-state index contributed by atoms with van der Waals surface area (Å²) in [4.78, 5) is 12.2. The number of nitrogens with zero attached hydrogens (tertiary/aromatic N) is 1. The highest BCUT2D eigenvalue weighted by molar-refractivity contribution is 7.89. The van der Waals surface area contributed by atoms with Gasteiger partial charge in [0.05, 0.1) is 26.2 Å². The van der Waals surface area contributed by atoms with E-state index in [1.54, 1.807) is 18.2 Å². The van der Waals surface area contributed by atoms with Crippen LogP contribution in [0.2, 0.25) is 0 Å². The van der Waals surface area contributed by atoms with Crippen LogP contribution in [-0.2, 0) is 21.4 Å². The van der Waals surface area contributed by atoms with Crippen LogP contribution in [0.1, 0.15) is 16.7 Å². The first kappa shape index (κ1) is 23.9. The molecule has 7 nitrogen and oxygen atoms in total. The van der Waals surface area contributed by atoms with E-state index < -0.39 is 21.7 Å². The molecule has 4 rings (SSSR count). The van der Waals surface area contributed by atoms with Crippen molar-refractivity contribution in [3.05, 3.63) is 64.7 Å². The average Bonchev–Trinajstić information content (AvgIpc) is 2.94. The van der Waals surface area contributed by atoms with Gasteiger partial charge in [0.25, 0.3) is 0 Å². The number of ketones is 1. The molecular formula is C24H23F2NO6S. The van der Waals surface area contributed by atoms with Crippen LogP contribution >= 0.6 is 0 Å². The van der Waals surface area contributed by atoms with Crippen molar-refractivity contribution in [2.24, 2.45) is 0 Å². The highest BCUT2D eigenvalue weighted by Gasteiger charge is 2.43. The lowest BCUT2D eigenvalue weighted by molar-refractivity contribution is -0.131. The smallest absolute Gasteiger partial charge is 0.328 e. The molecule has 34 heavy (non-hydrogen) atoms. The number of allylic oxidation sites excluding steroid dienone is 2. The molecule has 0 atom stereocenters.